The molecule has 0 aromatic heterocycles. The number of rotatable bonds is 6. The van der Waals surface area contributed by atoms with E-state index in [1.807, 2.05) is 0 Å². The number of carbonyl (C=O) groups excluding carboxylic acids is 2. The van der Waals surface area contributed by atoms with E-state index in [2.05, 4.69) is 10.6 Å². The van der Waals surface area contributed by atoms with Crippen LogP contribution in [0.4, 0.5) is 4.79 Å². The third-order valence-corrected chi connectivity index (χ3v) is 8.68. The first kappa shape index (κ1) is 18.7. The minimum Gasteiger partial charge on any atom is -0.465 e. The van der Waals surface area contributed by atoms with Gasteiger partial charge in [0, 0.05) is 25.1 Å². The lowest BCUT2D eigenvalue weighted by Gasteiger charge is -2.36. The molecular formula is C16H25N3O4S2. The summed E-state index contributed by atoms with van der Waals surface area (Å²) in [6, 6.07) is -0.918. The van der Waals surface area contributed by atoms with Gasteiger partial charge in [-0.3, -0.25) is 14.5 Å². The number of carbonyl (C=O) groups is 3. The molecule has 0 radical (unpaired) electrons. The molecule has 3 rings (SSSR count). The molecule has 2 heterocycles. The Morgan fingerprint density at radius 2 is 1.92 bits per heavy atom. The first-order chi connectivity index (χ1) is 12.0. The van der Waals surface area contributed by atoms with Crippen LogP contribution in [-0.4, -0.2) is 69.2 Å². The monoisotopic (exact) mass is 387 g/mol. The van der Waals surface area contributed by atoms with Gasteiger partial charge in [0.05, 0.1) is 6.04 Å². The molecule has 2 aliphatic heterocycles. The van der Waals surface area contributed by atoms with E-state index in [0.29, 0.717) is 25.3 Å². The van der Waals surface area contributed by atoms with Crippen molar-refractivity contribution in [1.29, 1.82) is 0 Å². The summed E-state index contributed by atoms with van der Waals surface area (Å²) in [6.45, 7) is 0.394. The van der Waals surface area contributed by atoms with Gasteiger partial charge in [-0.05, 0) is 25.2 Å². The van der Waals surface area contributed by atoms with Gasteiger partial charge in [0.15, 0.2) is 4.08 Å². The van der Waals surface area contributed by atoms with E-state index in [1.54, 1.807) is 30.6 Å². The van der Waals surface area contributed by atoms with E-state index < -0.39 is 16.2 Å². The number of hydrogen-bond donors (Lipinski definition) is 3. The zero-order valence-electron chi connectivity index (χ0n) is 14.3. The number of nitrogens with one attached hydrogen (secondary N) is 2. The fraction of sp³-hybridized carbons (Fsp3) is 0.812. The van der Waals surface area contributed by atoms with Crippen molar-refractivity contribution in [3.63, 3.8) is 0 Å². The van der Waals surface area contributed by atoms with Crippen molar-refractivity contribution in [2.24, 2.45) is 5.92 Å². The molecule has 1 aliphatic carbocycles. The van der Waals surface area contributed by atoms with Gasteiger partial charge >= 0.3 is 6.09 Å². The molecular weight excluding hydrogens is 362 g/mol. The van der Waals surface area contributed by atoms with Crippen molar-refractivity contribution in [1.82, 2.24) is 15.5 Å². The Kier molecular flexibility index (Phi) is 5.72. The normalized spacial score (nSPS) is 26.3. The molecule has 7 nitrogen and oxygen atoms in total. The molecule has 2 saturated heterocycles. The van der Waals surface area contributed by atoms with Gasteiger partial charge in [0.25, 0.3) is 0 Å². The van der Waals surface area contributed by atoms with E-state index in [9.17, 15) is 19.5 Å². The highest BCUT2D eigenvalue weighted by Crippen LogP contribution is 2.50. The third kappa shape index (κ3) is 3.86. The van der Waals surface area contributed by atoms with Gasteiger partial charge in [0.2, 0.25) is 11.8 Å². The first-order valence-electron chi connectivity index (χ1n) is 8.78. The molecule has 0 aromatic carbocycles. The Hall–Kier alpha value is -1.09. The summed E-state index contributed by atoms with van der Waals surface area (Å²) in [5, 5.41) is 15.1. The molecule has 140 valence electrons. The van der Waals surface area contributed by atoms with Crippen LogP contribution in [0.2, 0.25) is 0 Å². The zero-order chi connectivity index (χ0) is 18.0. The lowest BCUT2D eigenvalue weighted by Crippen LogP contribution is -2.58. The summed E-state index contributed by atoms with van der Waals surface area (Å²) in [7, 11) is 1.63. The number of carboxylic acid groups (broad SMARTS) is 1. The quantitative estimate of drug-likeness (QED) is 0.636. The number of hydrogen-bond acceptors (Lipinski definition) is 5. The smallest absolute Gasteiger partial charge is 0.407 e. The van der Waals surface area contributed by atoms with Crippen molar-refractivity contribution < 1.29 is 19.5 Å². The number of likely N-dealkylation sites (tertiary alicyclic amines) is 1. The SMILES string of the molecule is CNC(=O)C1([C@H](CC2CC2)NC(=O)C2CCCN2C(=O)O)SCCS1. The highest BCUT2D eigenvalue weighted by atomic mass is 32.2. The molecule has 3 fully saturated rings. The summed E-state index contributed by atoms with van der Waals surface area (Å²) in [5.41, 5.74) is 0. The predicted molar refractivity (Wildman–Crippen MR) is 98.7 cm³/mol. The summed E-state index contributed by atoms with van der Waals surface area (Å²) >= 11 is 3.20. The predicted octanol–water partition coefficient (Wildman–Crippen LogP) is 1.34. The summed E-state index contributed by atoms with van der Waals surface area (Å²) in [5.74, 6) is 1.97. The Balaban J connectivity index is 1.77. The zero-order valence-corrected chi connectivity index (χ0v) is 16.0. The maximum atomic E-state index is 12.8. The topological polar surface area (TPSA) is 98.7 Å². The van der Waals surface area contributed by atoms with Crippen LogP contribution >= 0.6 is 23.5 Å². The number of thioether (sulfide) groups is 2. The molecule has 0 bridgehead atoms. The summed E-state index contributed by atoms with van der Waals surface area (Å²) < 4.78 is -0.709. The molecule has 25 heavy (non-hydrogen) atoms. The fourth-order valence-electron chi connectivity index (χ4n) is 3.63. The second-order valence-electron chi connectivity index (χ2n) is 6.82. The Bertz CT molecular complexity index is 549. The van der Waals surface area contributed by atoms with Crippen LogP contribution in [-0.2, 0) is 9.59 Å². The molecule has 2 atom stereocenters. The van der Waals surface area contributed by atoms with Gasteiger partial charge < -0.3 is 15.7 Å². The summed E-state index contributed by atoms with van der Waals surface area (Å²) in [6.07, 6.45) is 3.23. The van der Waals surface area contributed by atoms with E-state index >= 15 is 0 Å². The van der Waals surface area contributed by atoms with Crippen LogP contribution < -0.4 is 10.6 Å². The maximum absolute atomic E-state index is 12.8. The van der Waals surface area contributed by atoms with E-state index in [4.69, 9.17) is 0 Å². The molecule has 3 aliphatic rings. The number of amides is 3. The summed E-state index contributed by atoms with van der Waals surface area (Å²) in [4.78, 5) is 38.0. The van der Waals surface area contributed by atoms with E-state index in [-0.39, 0.29) is 17.9 Å². The average molecular weight is 388 g/mol. The van der Waals surface area contributed by atoms with Gasteiger partial charge in [-0.15, -0.1) is 23.5 Å². The van der Waals surface area contributed by atoms with Crippen LogP contribution in [0.25, 0.3) is 0 Å². The van der Waals surface area contributed by atoms with Gasteiger partial charge in [-0.25, -0.2) is 4.79 Å². The van der Waals surface area contributed by atoms with Crippen LogP contribution in [0, 0.1) is 5.92 Å². The lowest BCUT2D eigenvalue weighted by atomic mass is 10.0. The highest BCUT2D eigenvalue weighted by molar-refractivity contribution is 8.22. The fourth-order valence-corrected chi connectivity index (χ4v) is 6.91. The molecule has 1 saturated carbocycles. The van der Waals surface area contributed by atoms with Gasteiger partial charge in [-0.1, -0.05) is 12.8 Å². The van der Waals surface area contributed by atoms with Crippen molar-refractivity contribution in [2.75, 3.05) is 25.1 Å². The molecule has 0 spiro atoms. The van der Waals surface area contributed by atoms with Crippen LogP contribution in [0.15, 0.2) is 0 Å². The van der Waals surface area contributed by atoms with E-state index in [1.165, 1.54) is 4.90 Å². The van der Waals surface area contributed by atoms with E-state index in [0.717, 1.165) is 30.8 Å². The second-order valence-corrected chi connectivity index (χ2v) is 9.76. The van der Waals surface area contributed by atoms with Crippen LogP contribution in [0.3, 0.4) is 0 Å². The lowest BCUT2D eigenvalue weighted by molar-refractivity contribution is -0.126. The first-order valence-corrected chi connectivity index (χ1v) is 10.7. The Morgan fingerprint density at radius 1 is 1.24 bits per heavy atom. The maximum Gasteiger partial charge on any atom is 0.407 e. The minimum absolute atomic E-state index is 0.0625. The number of nitrogens with zero attached hydrogens (tertiary/aromatic N) is 1. The van der Waals surface area contributed by atoms with Crippen LogP contribution in [0.1, 0.15) is 32.1 Å². The molecule has 0 aromatic rings. The van der Waals surface area contributed by atoms with Crippen molar-refractivity contribution in [3.05, 3.63) is 0 Å². The largest absolute Gasteiger partial charge is 0.465 e. The molecule has 3 N–H and O–H groups in total. The Labute approximate surface area is 156 Å². The Morgan fingerprint density at radius 3 is 2.48 bits per heavy atom. The average Bonchev–Trinajstić information content (AvgIpc) is 3.08. The standard InChI is InChI=1S/C16H25N3O4S2/c1-17-14(21)16(24-7-8-25-16)12(9-10-4-5-10)18-13(20)11-3-2-6-19(11)15(22)23/h10-12H,2-9H2,1H3,(H,17,21)(H,18,20)(H,22,23)/t11?,12-/m0/s1. The molecule has 9 heteroatoms. The second kappa shape index (κ2) is 7.65. The van der Waals surface area contributed by atoms with Crippen molar-refractivity contribution >= 4 is 41.4 Å². The van der Waals surface area contributed by atoms with Crippen molar-refractivity contribution in [2.45, 2.75) is 48.3 Å². The van der Waals surface area contributed by atoms with Crippen molar-refractivity contribution in [3.8, 4) is 0 Å². The molecule has 3 amide bonds. The third-order valence-electron chi connectivity index (χ3n) is 5.10. The van der Waals surface area contributed by atoms with Crippen LogP contribution in [0.5, 0.6) is 0 Å². The minimum atomic E-state index is -1.05. The van der Waals surface area contributed by atoms with Gasteiger partial charge in [-0.2, -0.15) is 0 Å². The van der Waals surface area contributed by atoms with Gasteiger partial charge in [0.1, 0.15) is 6.04 Å². The highest BCUT2D eigenvalue weighted by Gasteiger charge is 2.52. The molecule has 1 unspecified atom stereocenters.